The standard InChI is InChI=1S/C18H20F3N3O3/c1-4-26-16(25)14-9-23-17(24-10-14)22-8-12-5-13(11(2)3)7-15(6-12)27-18(19,20)21/h5-7,9-11H,4,8H2,1-3H3,(H,22,23,24). The van der Waals surface area contributed by atoms with Gasteiger partial charge in [0, 0.05) is 18.9 Å². The van der Waals surface area contributed by atoms with E-state index in [1.807, 2.05) is 13.8 Å². The molecule has 0 atom stereocenters. The van der Waals surface area contributed by atoms with Crippen molar-refractivity contribution in [2.24, 2.45) is 0 Å². The lowest BCUT2D eigenvalue weighted by Crippen LogP contribution is -2.17. The molecule has 2 rings (SSSR count). The fourth-order valence-electron chi connectivity index (χ4n) is 2.23. The van der Waals surface area contributed by atoms with Crippen LogP contribution in [0.4, 0.5) is 19.1 Å². The molecule has 0 spiro atoms. The Hall–Kier alpha value is -2.84. The van der Waals surface area contributed by atoms with Gasteiger partial charge in [-0.05, 0) is 36.1 Å². The van der Waals surface area contributed by atoms with Gasteiger partial charge in [0.05, 0.1) is 12.2 Å². The van der Waals surface area contributed by atoms with E-state index in [1.165, 1.54) is 24.5 Å². The van der Waals surface area contributed by atoms with Crippen LogP contribution in [0, 0.1) is 0 Å². The van der Waals surface area contributed by atoms with Gasteiger partial charge in [0.1, 0.15) is 5.75 Å². The lowest BCUT2D eigenvalue weighted by molar-refractivity contribution is -0.274. The highest BCUT2D eigenvalue weighted by Gasteiger charge is 2.31. The summed E-state index contributed by atoms with van der Waals surface area (Å²) in [6.07, 6.45) is -2.13. The molecule has 0 aliphatic carbocycles. The number of hydrogen-bond acceptors (Lipinski definition) is 6. The van der Waals surface area contributed by atoms with E-state index in [4.69, 9.17) is 4.74 Å². The highest BCUT2D eigenvalue weighted by molar-refractivity contribution is 5.88. The molecule has 1 N–H and O–H groups in total. The highest BCUT2D eigenvalue weighted by Crippen LogP contribution is 2.28. The molecule has 0 amide bonds. The molecule has 0 fully saturated rings. The van der Waals surface area contributed by atoms with Crippen LogP contribution in [0.5, 0.6) is 5.75 Å². The molecule has 2 aromatic rings. The third-order valence-corrected chi connectivity index (χ3v) is 3.50. The van der Waals surface area contributed by atoms with E-state index in [0.29, 0.717) is 11.1 Å². The smallest absolute Gasteiger partial charge is 0.462 e. The van der Waals surface area contributed by atoms with E-state index in [2.05, 4.69) is 20.0 Å². The number of carbonyl (C=O) groups is 1. The zero-order valence-corrected chi connectivity index (χ0v) is 15.1. The molecule has 0 saturated carbocycles. The zero-order chi connectivity index (χ0) is 20.0. The molecule has 27 heavy (non-hydrogen) atoms. The fraction of sp³-hybridized carbons (Fsp3) is 0.389. The Balaban J connectivity index is 2.11. The van der Waals surface area contributed by atoms with Crippen molar-refractivity contribution in [2.75, 3.05) is 11.9 Å². The zero-order valence-electron chi connectivity index (χ0n) is 15.1. The number of halogens is 3. The van der Waals surface area contributed by atoms with Crippen LogP contribution < -0.4 is 10.1 Å². The number of alkyl halides is 3. The van der Waals surface area contributed by atoms with Gasteiger partial charge in [-0.1, -0.05) is 19.9 Å². The van der Waals surface area contributed by atoms with E-state index in [0.717, 1.165) is 0 Å². The molecule has 1 aromatic carbocycles. The van der Waals surface area contributed by atoms with Crippen LogP contribution in [-0.2, 0) is 11.3 Å². The lowest BCUT2D eigenvalue weighted by Gasteiger charge is -2.15. The van der Waals surface area contributed by atoms with Crippen LogP contribution in [0.3, 0.4) is 0 Å². The van der Waals surface area contributed by atoms with Gasteiger partial charge in [-0.3, -0.25) is 0 Å². The van der Waals surface area contributed by atoms with Gasteiger partial charge in [-0.15, -0.1) is 13.2 Å². The average Bonchev–Trinajstić information content (AvgIpc) is 2.59. The van der Waals surface area contributed by atoms with Gasteiger partial charge in [0.2, 0.25) is 5.95 Å². The van der Waals surface area contributed by atoms with Crippen LogP contribution in [0.25, 0.3) is 0 Å². The molecule has 0 unspecified atom stereocenters. The molecular weight excluding hydrogens is 363 g/mol. The summed E-state index contributed by atoms with van der Waals surface area (Å²) in [6, 6.07) is 4.46. The van der Waals surface area contributed by atoms with E-state index >= 15 is 0 Å². The summed E-state index contributed by atoms with van der Waals surface area (Å²) in [7, 11) is 0. The second-order valence-corrected chi connectivity index (χ2v) is 5.98. The van der Waals surface area contributed by atoms with Gasteiger partial charge >= 0.3 is 12.3 Å². The predicted molar refractivity (Wildman–Crippen MR) is 92.5 cm³/mol. The number of esters is 1. The number of ether oxygens (including phenoxy) is 2. The summed E-state index contributed by atoms with van der Waals surface area (Å²) in [5.41, 5.74) is 1.51. The minimum absolute atomic E-state index is 0.0284. The molecule has 1 aromatic heterocycles. The Labute approximate surface area is 154 Å². The van der Waals surface area contributed by atoms with Crippen molar-refractivity contribution in [1.82, 2.24) is 9.97 Å². The number of carbonyl (C=O) groups excluding carboxylic acids is 1. The van der Waals surface area contributed by atoms with Crippen LogP contribution in [0.2, 0.25) is 0 Å². The van der Waals surface area contributed by atoms with Crippen LogP contribution >= 0.6 is 0 Å². The normalized spacial score (nSPS) is 11.4. The van der Waals surface area contributed by atoms with Crippen molar-refractivity contribution in [3.63, 3.8) is 0 Å². The Kier molecular flexibility index (Phi) is 6.59. The number of aromatic nitrogens is 2. The first-order chi connectivity index (χ1) is 12.7. The monoisotopic (exact) mass is 383 g/mol. The highest BCUT2D eigenvalue weighted by atomic mass is 19.4. The van der Waals surface area contributed by atoms with Crippen LogP contribution in [0.1, 0.15) is 48.2 Å². The molecular formula is C18H20F3N3O3. The maximum Gasteiger partial charge on any atom is 0.573 e. The van der Waals surface area contributed by atoms with E-state index in [9.17, 15) is 18.0 Å². The summed E-state index contributed by atoms with van der Waals surface area (Å²) < 4.78 is 46.4. The molecule has 0 saturated heterocycles. The molecule has 0 bridgehead atoms. The predicted octanol–water partition coefficient (Wildman–Crippen LogP) is 4.29. The first kappa shape index (κ1) is 20.5. The second-order valence-electron chi connectivity index (χ2n) is 5.98. The summed E-state index contributed by atoms with van der Waals surface area (Å²) in [6.45, 7) is 5.87. The van der Waals surface area contributed by atoms with E-state index < -0.39 is 12.3 Å². The van der Waals surface area contributed by atoms with Crippen LogP contribution in [-0.4, -0.2) is 28.9 Å². The van der Waals surface area contributed by atoms with Crippen molar-refractivity contribution in [3.05, 3.63) is 47.3 Å². The van der Waals surface area contributed by atoms with E-state index in [-0.39, 0.29) is 36.3 Å². The molecule has 9 heteroatoms. The molecule has 1 heterocycles. The molecule has 146 valence electrons. The quantitative estimate of drug-likeness (QED) is 0.719. The summed E-state index contributed by atoms with van der Waals surface area (Å²) in [5.74, 6) is -0.538. The van der Waals surface area contributed by atoms with Crippen molar-refractivity contribution in [2.45, 2.75) is 39.6 Å². The number of hydrogen-bond donors (Lipinski definition) is 1. The summed E-state index contributed by atoms with van der Waals surface area (Å²) in [5, 5.41) is 2.90. The molecule has 0 radical (unpaired) electrons. The maximum absolute atomic E-state index is 12.5. The van der Waals surface area contributed by atoms with Gasteiger partial charge in [-0.25, -0.2) is 14.8 Å². The van der Waals surface area contributed by atoms with Crippen LogP contribution in [0.15, 0.2) is 30.6 Å². The van der Waals surface area contributed by atoms with Gasteiger partial charge in [0.25, 0.3) is 0 Å². The Bertz CT molecular complexity index is 778. The fourth-order valence-corrected chi connectivity index (χ4v) is 2.23. The summed E-state index contributed by atoms with van der Waals surface area (Å²) in [4.78, 5) is 19.6. The first-order valence-corrected chi connectivity index (χ1v) is 8.30. The Morgan fingerprint density at radius 2 is 1.85 bits per heavy atom. The van der Waals surface area contributed by atoms with Crippen molar-refractivity contribution in [1.29, 1.82) is 0 Å². The Morgan fingerprint density at radius 1 is 1.19 bits per heavy atom. The molecule has 6 nitrogen and oxygen atoms in total. The minimum Gasteiger partial charge on any atom is -0.462 e. The average molecular weight is 383 g/mol. The number of rotatable bonds is 7. The largest absolute Gasteiger partial charge is 0.573 e. The summed E-state index contributed by atoms with van der Waals surface area (Å²) >= 11 is 0. The van der Waals surface area contributed by atoms with Crippen molar-refractivity contribution in [3.8, 4) is 5.75 Å². The van der Waals surface area contributed by atoms with Crippen molar-refractivity contribution >= 4 is 11.9 Å². The SMILES string of the molecule is CCOC(=O)c1cnc(NCc2cc(OC(F)(F)F)cc(C(C)C)c2)nc1. The molecule has 0 aliphatic rings. The lowest BCUT2D eigenvalue weighted by atomic mass is 10.0. The second kappa shape index (κ2) is 8.70. The third kappa shape index (κ3) is 6.43. The van der Waals surface area contributed by atoms with E-state index in [1.54, 1.807) is 13.0 Å². The van der Waals surface area contributed by atoms with Gasteiger partial charge in [-0.2, -0.15) is 0 Å². The number of anilines is 1. The number of nitrogens with one attached hydrogen (secondary N) is 1. The van der Waals surface area contributed by atoms with Crippen molar-refractivity contribution < 1.29 is 27.4 Å². The topological polar surface area (TPSA) is 73.3 Å². The Morgan fingerprint density at radius 3 is 2.41 bits per heavy atom. The van der Waals surface area contributed by atoms with Gasteiger partial charge < -0.3 is 14.8 Å². The third-order valence-electron chi connectivity index (χ3n) is 3.50. The molecule has 0 aliphatic heterocycles. The minimum atomic E-state index is -4.76. The number of nitrogens with zero attached hydrogens (tertiary/aromatic N) is 2. The van der Waals surface area contributed by atoms with Gasteiger partial charge in [0.15, 0.2) is 0 Å². The maximum atomic E-state index is 12.5. The number of benzene rings is 1. The first-order valence-electron chi connectivity index (χ1n) is 8.30.